The summed E-state index contributed by atoms with van der Waals surface area (Å²) >= 11 is 0. The lowest BCUT2D eigenvalue weighted by atomic mass is 10.1. The van der Waals surface area contributed by atoms with Gasteiger partial charge in [0.15, 0.2) is 6.10 Å². The van der Waals surface area contributed by atoms with E-state index in [2.05, 4.69) is 11.4 Å². The highest BCUT2D eigenvalue weighted by Gasteiger charge is 2.14. The number of carbonyl (C=O) groups is 1. The molecule has 2 rings (SSSR count). The maximum atomic E-state index is 12.1. The topological polar surface area (TPSA) is 47.6 Å². The number of amides is 1. The quantitative estimate of drug-likeness (QED) is 0.791. The first-order valence-corrected chi connectivity index (χ1v) is 8.17. The molecule has 128 valence electrons. The maximum Gasteiger partial charge on any atom is 0.260 e. The number of rotatable bonds is 7. The van der Waals surface area contributed by atoms with Crippen molar-refractivity contribution in [1.29, 1.82) is 0 Å². The highest BCUT2D eigenvalue weighted by Crippen LogP contribution is 2.18. The van der Waals surface area contributed by atoms with E-state index in [1.54, 1.807) is 6.92 Å². The van der Waals surface area contributed by atoms with Gasteiger partial charge in [0, 0.05) is 0 Å². The van der Waals surface area contributed by atoms with Crippen LogP contribution in [-0.4, -0.2) is 25.2 Å². The molecule has 0 aromatic heterocycles. The molecule has 1 unspecified atom stereocenters. The molecule has 0 radical (unpaired) electrons. The minimum atomic E-state index is -0.548. The van der Waals surface area contributed by atoms with Crippen molar-refractivity contribution < 1.29 is 14.3 Å². The number of benzene rings is 2. The number of aryl methyl sites for hydroxylation is 3. The maximum absolute atomic E-state index is 12.1. The summed E-state index contributed by atoms with van der Waals surface area (Å²) in [5.41, 5.74) is 3.40. The van der Waals surface area contributed by atoms with Crippen LogP contribution in [-0.2, 0) is 4.79 Å². The van der Waals surface area contributed by atoms with Gasteiger partial charge in [-0.05, 0) is 57.0 Å². The molecule has 0 saturated carbocycles. The fourth-order valence-corrected chi connectivity index (χ4v) is 2.39. The van der Waals surface area contributed by atoms with Gasteiger partial charge in [0.1, 0.15) is 18.1 Å². The van der Waals surface area contributed by atoms with E-state index in [0.717, 1.165) is 16.9 Å². The summed E-state index contributed by atoms with van der Waals surface area (Å²) < 4.78 is 11.4. The molecule has 0 aliphatic heterocycles. The summed E-state index contributed by atoms with van der Waals surface area (Å²) in [4.78, 5) is 12.1. The van der Waals surface area contributed by atoms with Gasteiger partial charge in [-0.3, -0.25) is 4.79 Å². The smallest absolute Gasteiger partial charge is 0.260 e. The standard InChI is InChI=1S/C20H25NO3/c1-14-6-5-7-18(13-14)24-17(4)20(22)21-10-11-23-19-9-8-15(2)12-16(19)3/h5-9,12-13,17H,10-11H2,1-4H3,(H,21,22). The van der Waals surface area contributed by atoms with Crippen LogP contribution in [0.4, 0.5) is 0 Å². The monoisotopic (exact) mass is 327 g/mol. The summed E-state index contributed by atoms with van der Waals surface area (Å²) in [6, 6.07) is 13.7. The summed E-state index contributed by atoms with van der Waals surface area (Å²) in [5, 5.41) is 2.83. The fraction of sp³-hybridized carbons (Fsp3) is 0.350. The van der Waals surface area contributed by atoms with Gasteiger partial charge in [0.25, 0.3) is 5.91 Å². The molecule has 0 aliphatic rings. The van der Waals surface area contributed by atoms with Crippen molar-refractivity contribution in [2.24, 2.45) is 0 Å². The van der Waals surface area contributed by atoms with Crippen molar-refractivity contribution in [2.75, 3.05) is 13.2 Å². The molecule has 0 fully saturated rings. The Morgan fingerprint density at radius 2 is 1.83 bits per heavy atom. The van der Waals surface area contributed by atoms with Crippen LogP contribution >= 0.6 is 0 Å². The van der Waals surface area contributed by atoms with Crippen LogP contribution in [0.1, 0.15) is 23.6 Å². The van der Waals surface area contributed by atoms with Crippen molar-refractivity contribution in [1.82, 2.24) is 5.32 Å². The van der Waals surface area contributed by atoms with E-state index >= 15 is 0 Å². The molecule has 1 amide bonds. The Hall–Kier alpha value is -2.49. The number of hydrogen-bond acceptors (Lipinski definition) is 3. The lowest BCUT2D eigenvalue weighted by molar-refractivity contribution is -0.127. The average molecular weight is 327 g/mol. The van der Waals surface area contributed by atoms with Gasteiger partial charge in [-0.1, -0.05) is 29.8 Å². The molecule has 2 aromatic rings. The lowest BCUT2D eigenvalue weighted by Gasteiger charge is -2.15. The highest BCUT2D eigenvalue weighted by molar-refractivity contribution is 5.80. The van der Waals surface area contributed by atoms with Gasteiger partial charge in [0.2, 0.25) is 0 Å². The average Bonchev–Trinajstić information content (AvgIpc) is 2.53. The Kier molecular flexibility index (Phi) is 6.24. The lowest BCUT2D eigenvalue weighted by Crippen LogP contribution is -2.38. The van der Waals surface area contributed by atoms with Crippen LogP contribution in [0.2, 0.25) is 0 Å². The van der Waals surface area contributed by atoms with Crippen LogP contribution in [0.3, 0.4) is 0 Å². The molecule has 1 atom stereocenters. The third-order valence-electron chi connectivity index (χ3n) is 3.66. The van der Waals surface area contributed by atoms with E-state index in [1.165, 1.54) is 5.56 Å². The van der Waals surface area contributed by atoms with Crippen LogP contribution in [0.25, 0.3) is 0 Å². The van der Waals surface area contributed by atoms with E-state index in [9.17, 15) is 4.79 Å². The van der Waals surface area contributed by atoms with Gasteiger partial charge >= 0.3 is 0 Å². The second-order valence-corrected chi connectivity index (χ2v) is 5.99. The van der Waals surface area contributed by atoms with Gasteiger partial charge in [-0.2, -0.15) is 0 Å². The third kappa shape index (κ3) is 5.30. The van der Waals surface area contributed by atoms with Crippen molar-refractivity contribution in [3.05, 3.63) is 59.2 Å². The molecule has 4 heteroatoms. The van der Waals surface area contributed by atoms with E-state index in [4.69, 9.17) is 9.47 Å². The normalized spacial score (nSPS) is 11.7. The number of ether oxygens (including phenoxy) is 2. The van der Waals surface area contributed by atoms with Crippen LogP contribution in [0, 0.1) is 20.8 Å². The Bertz CT molecular complexity index is 697. The Morgan fingerprint density at radius 3 is 2.54 bits per heavy atom. The highest BCUT2D eigenvalue weighted by atomic mass is 16.5. The van der Waals surface area contributed by atoms with E-state index in [0.29, 0.717) is 18.9 Å². The number of nitrogens with one attached hydrogen (secondary N) is 1. The third-order valence-corrected chi connectivity index (χ3v) is 3.66. The molecule has 0 bridgehead atoms. The predicted molar refractivity (Wildman–Crippen MR) is 95.7 cm³/mol. The summed E-state index contributed by atoms with van der Waals surface area (Å²) in [5.74, 6) is 1.39. The van der Waals surface area contributed by atoms with E-state index < -0.39 is 6.10 Å². The van der Waals surface area contributed by atoms with Crippen LogP contribution in [0.5, 0.6) is 11.5 Å². The molecule has 0 saturated heterocycles. The van der Waals surface area contributed by atoms with Gasteiger partial charge in [0.05, 0.1) is 6.54 Å². The van der Waals surface area contributed by atoms with E-state index in [1.807, 2.05) is 57.2 Å². The van der Waals surface area contributed by atoms with Gasteiger partial charge < -0.3 is 14.8 Å². The summed E-state index contributed by atoms with van der Waals surface area (Å²) in [7, 11) is 0. The largest absolute Gasteiger partial charge is 0.491 e. The number of hydrogen-bond donors (Lipinski definition) is 1. The second kappa shape index (κ2) is 8.39. The molecule has 0 spiro atoms. The Balaban J connectivity index is 1.74. The van der Waals surface area contributed by atoms with Gasteiger partial charge in [-0.25, -0.2) is 0 Å². The molecular weight excluding hydrogens is 302 g/mol. The Morgan fingerprint density at radius 1 is 1.08 bits per heavy atom. The molecular formula is C20H25NO3. The van der Waals surface area contributed by atoms with Crippen molar-refractivity contribution in [3.8, 4) is 11.5 Å². The molecule has 24 heavy (non-hydrogen) atoms. The van der Waals surface area contributed by atoms with Crippen LogP contribution in [0.15, 0.2) is 42.5 Å². The molecule has 2 aromatic carbocycles. The van der Waals surface area contributed by atoms with E-state index in [-0.39, 0.29) is 5.91 Å². The molecule has 0 aliphatic carbocycles. The first kappa shape index (κ1) is 17.9. The fourth-order valence-electron chi connectivity index (χ4n) is 2.39. The van der Waals surface area contributed by atoms with Crippen molar-refractivity contribution in [3.63, 3.8) is 0 Å². The summed E-state index contributed by atoms with van der Waals surface area (Å²) in [6.45, 7) is 8.65. The molecule has 0 heterocycles. The summed E-state index contributed by atoms with van der Waals surface area (Å²) in [6.07, 6.45) is -0.548. The minimum absolute atomic E-state index is 0.152. The molecule has 4 nitrogen and oxygen atoms in total. The first-order valence-electron chi connectivity index (χ1n) is 8.17. The van der Waals surface area contributed by atoms with Crippen molar-refractivity contribution in [2.45, 2.75) is 33.8 Å². The van der Waals surface area contributed by atoms with Crippen molar-refractivity contribution >= 4 is 5.91 Å². The first-order chi connectivity index (χ1) is 11.5. The Labute approximate surface area is 143 Å². The minimum Gasteiger partial charge on any atom is -0.491 e. The van der Waals surface area contributed by atoms with Gasteiger partial charge in [-0.15, -0.1) is 0 Å². The second-order valence-electron chi connectivity index (χ2n) is 5.99. The predicted octanol–water partition coefficient (Wildman–Crippen LogP) is 3.57. The zero-order chi connectivity index (χ0) is 17.5. The number of carbonyl (C=O) groups excluding carboxylic acids is 1. The van der Waals surface area contributed by atoms with Crippen LogP contribution < -0.4 is 14.8 Å². The SMILES string of the molecule is Cc1cccc(OC(C)C(=O)NCCOc2ccc(C)cc2C)c1. The molecule has 1 N–H and O–H groups in total. The zero-order valence-electron chi connectivity index (χ0n) is 14.8. The zero-order valence-corrected chi connectivity index (χ0v) is 14.8.